The number of hydrogen-bond acceptors (Lipinski definition) is 5. The van der Waals surface area contributed by atoms with Gasteiger partial charge < -0.3 is 10.1 Å². The summed E-state index contributed by atoms with van der Waals surface area (Å²) in [5.74, 6) is 0.609. The molecule has 1 N–H and O–H groups in total. The number of ether oxygens (including phenoxy) is 1. The summed E-state index contributed by atoms with van der Waals surface area (Å²) in [4.78, 5) is 10.7. The molecule has 1 aromatic heterocycles. The van der Waals surface area contributed by atoms with Gasteiger partial charge in [0, 0.05) is 38.4 Å². The fraction of sp³-hybridized carbons (Fsp3) is 0.444. The molecule has 0 unspecified atom stereocenters. The van der Waals surface area contributed by atoms with Crippen molar-refractivity contribution in [3.63, 3.8) is 0 Å². The third-order valence-electron chi connectivity index (χ3n) is 4.84. The summed E-state index contributed by atoms with van der Waals surface area (Å²) in [6.07, 6.45) is 7.10. The minimum absolute atomic E-state index is 0.0695. The van der Waals surface area contributed by atoms with Gasteiger partial charge in [0.1, 0.15) is 11.6 Å². The van der Waals surface area contributed by atoms with E-state index in [1.54, 1.807) is 18.6 Å². The molecule has 0 bridgehead atoms. The van der Waals surface area contributed by atoms with Crippen LogP contribution in [0.1, 0.15) is 18.4 Å². The normalized spacial score (nSPS) is 27.0. The van der Waals surface area contributed by atoms with E-state index in [2.05, 4.69) is 20.2 Å². The van der Waals surface area contributed by atoms with Gasteiger partial charge in [-0.3, -0.25) is 9.88 Å². The molecule has 0 aliphatic carbocycles. The van der Waals surface area contributed by atoms with Gasteiger partial charge in [0.25, 0.3) is 0 Å². The second kappa shape index (κ2) is 6.45. The highest BCUT2D eigenvalue weighted by molar-refractivity contribution is 5.32. The lowest BCUT2D eigenvalue weighted by Gasteiger charge is -2.23. The van der Waals surface area contributed by atoms with Gasteiger partial charge in [-0.05, 0) is 24.1 Å². The Kier molecular flexibility index (Phi) is 4.16. The quantitative estimate of drug-likeness (QED) is 0.934. The first-order chi connectivity index (χ1) is 11.7. The van der Waals surface area contributed by atoms with Crippen molar-refractivity contribution < 1.29 is 9.13 Å². The van der Waals surface area contributed by atoms with E-state index >= 15 is 0 Å². The molecule has 0 radical (unpaired) electrons. The minimum atomic E-state index is -0.186. The van der Waals surface area contributed by atoms with Crippen LogP contribution in [0.25, 0.3) is 0 Å². The molecule has 2 atom stereocenters. The first-order valence-corrected chi connectivity index (χ1v) is 8.34. The predicted molar refractivity (Wildman–Crippen MR) is 89.0 cm³/mol. The summed E-state index contributed by atoms with van der Waals surface area (Å²) in [7, 11) is 0. The molecular formula is C18H21FN4O. The minimum Gasteiger partial charge on any atom is -0.371 e. The van der Waals surface area contributed by atoms with Crippen molar-refractivity contribution in [2.75, 3.05) is 25.0 Å². The Labute approximate surface area is 140 Å². The molecule has 0 amide bonds. The molecule has 2 saturated heterocycles. The molecule has 1 spiro atoms. The van der Waals surface area contributed by atoms with Gasteiger partial charge in [0.2, 0.25) is 0 Å². The highest BCUT2D eigenvalue weighted by Crippen LogP contribution is 2.36. The monoisotopic (exact) mass is 328 g/mol. The van der Waals surface area contributed by atoms with Crippen LogP contribution in [0.3, 0.4) is 0 Å². The zero-order chi connectivity index (χ0) is 16.4. The Morgan fingerprint density at radius 2 is 2.17 bits per heavy atom. The highest BCUT2D eigenvalue weighted by Gasteiger charge is 2.45. The van der Waals surface area contributed by atoms with E-state index in [0.29, 0.717) is 6.61 Å². The maximum Gasteiger partial charge on any atom is 0.144 e. The average molecular weight is 328 g/mol. The lowest BCUT2D eigenvalue weighted by atomic mass is 9.97. The summed E-state index contributed by atoms with van der Waals surface area (Å²) in [5, 5.41) is 3.40. The number of anilines is 1. The lowest BCUT2D eigenvalue weighted by molar-refractivity contribution is 0.0120. The summed E-state index contributed by atoms with van der Waals surface area (Å²) in [5.41, 5.74) is 1.07. The first kappa shape index (κ1) is 15.5. The van der Waals surface area contributed by atoms with Crippen molar-refractivity contribution in [1.29, 1.82) is 0 Å². The van der Waals surface area contributed by atoms with Crippen LogP contribution >= 0.6 is 0 Å². The molecular weight excluding hydrogens is 307 g/mol. The maximum absolute atomic E-state index is 13.0. The van der Waals surface area contributed by atoms with E-state index in [1.165, 1.54) is 12.1 Å². The highest BCUT2D eigenvalue weighted by atomic mass is 19.1. The zero-order valence-corrected chi connectivity index (χ0v) is 13.5. The van der Waals surface area contributed by atoms with Gasteiger partial charge in [-0.15, -0.1) is 0 Å². The Balaban J connectivity index is 1.33. The number of nitrogens with zero attached hydrogens (tertiary/aromatic N) is 3. The van der Waals surface area contributed by atoms with Crippen molar-refractivity contribution in [1.82, 2.24) is 14.9 Å². The van der Waals surface area contributed by atoms with Crippen LogP contribution in [0.4, 0.5) is 10.2 Å². The number of likely N-dealkylation sites (tertiary alicyclic amines) is 1. The van der Waals surface area contributed by atoms with Crippen molar-refractivity contribution in [2.45, 2.75) is 31.0 Å². The Bertz CT molecular complexity index is 681. The number of aromatic nitrogens is 2. The van der Waals surface area contributed by atoms with Gasteiger partial charge in [0.15, 0.2) is 0 Å². The number of benzene rings is 1. The van der Waals surface area contributed by atoms with Crippen LogP contribution in [-0.2, 0) is 11.3 Å². The Hall–Kier alpha value is -2.05. The van der Waals surface area contributed by atoms with Crippen LogP contribution in [-0.4, -0.2) is 46.2 Å². The molecule has 6 heteroatoms. The Morgan fingerprint density at radius 3 is 2.96 bits per heavy atom. The summed E-state index contributed by atoms with van der Waals surface area (Å²) in [6, 6.07) is 7.03. The van der Waals surface area contributed by atoms with Crippen LogP contribution in [0.5, 0.6) is 0 Å². The molecule has 2 aromatic rings. The maximum atomic E-state index is 13.0. The van der Waals surface area contributed by atoms with E-state index in [4.69, 9.17) is 4.74 Å². The molecule has 2 fully saturated rings. The van der Waals surface area contributed by atoms with Crippen LogP contribution in [0.2, 0.25) is 0 Å². The first-order valence-electron chi connectivity index (χ1n) is 8.34. The standard InChI is InChI=1S/C18H21FN4O/c19-15-3-1-14(2-4-15)11-23-8-5-18(13-23)9-16(12-24-18)22-17-10-20-6-7-21-17/h1-4,6-7,10,16H,5,8-9,11-13H2,(H,21,22)/t16-,18+/m0/s1. The smallest absolute Gasteiger partial charge is 0.144 e. The second-order valence-electron chi connectivity index (χ2n) is 6.72. The average Bonchev–Trinajstić information content (AvgIpc) is 3.17. The molecule has 4 rings (SSSR count). The van der Waals surface area contributed by atoms with E-state index in [0.717, 1.165) is 43.9 Å². The van der Waals surface area contributed by atoms with Crippen LogP contribution in [0, 0.1) is 5.82 Å². The van der Waals surface area contributed by atoms with E-state index in [1.807, 2.05) is 12.1 Å². The number of rotatable bonds is 4. The predicted octanol–water partition coefficient (Wildman–Crippen LogP) is 2.46. The largest absolute Gasteiger partial charge is 0.371 e. The zero-order valence-electron chi connectivity index (χ0n) is 13.5. The third-order valence-corrected chi connectivity index (χ3v) is 4.84. The van der Waals surface area contributed by atoms with Crippen molar-refractivity contribution in [3.8, 4) is 0 Å². The fourth-order valence-corrected chi connectivity index (χ4v) is 3.71. The van der Waals surface area contributed by atoms with Crippen molar-refractivity contribution >= 4 is 5.82 Å². The van der Waals surface area contributed by atoms with E-state index in [-0.39, 0.29) is 17.5 Å². The van der Waals surface area contributed by atoms with Crippen molar-refractivity contribution in [3.05, 3.63) is 54.2 Å². The third kappa shape index (κ3) is 3.39. The molecule has 2 aliphatic rings. The summed E-state index contributed by atoms with van der Waals surface area (Å²) in [6.45, 7) is 3.47. The topological polar surface area (TPSA) is 50.3 Å². The second-order valence-corrected chi connectivity index (χ2v) is 6.72. The molecule has 126 valence electrons. The SMILES string of the molecule is Fc1ccc(CN2CC[C@@]3(C[C@H](Nc4cnccn4)CO3)C2)cc1. The van der Waals surface area contributed by atoms with E-state index < -0.39 is 0 Å². The number of halogens is 1. The molecule has 5 nitrogen and oxygen atoms in total. The molecule has 1 aromatic carbocycles. The van der Waals surface area contributed by atoms with Crippen LogP contribution in [0.15, 0.2) is 42.9 Å². The van der Waals surface area contributed by atoms with Gasteiger partial charge in [-0.25, -0.2) is 9.37 Å². The molecule has 3 heterocycles. The van der Waals surface area contributed by atoms with Gasteiger partial charge in [-0.2, -0.15) is 0 Å². The molecule has 2 aliphatic heterocycles. The van der Waals surface area contributed by atoms with Gasteiger partial charge in [-0.1, -0.05) is 12.1 Å². The molecule has 24 heavy (non-hydrogen) atoms. The van der Waals surface area contributed by atoms with Crippen molar-refractivity contribution in [2.24, 2.45) is 0 Å². The lowest BCUT2D eigenvalue weighted by Crippen LogP contribution is -2.33. The van der Waals surface area contributed by atoms with E-state index in [9.17, 15) is 4.39 Å². The van der Waals surface area contributed by atoms with Crippen LogP contribution < -0.4 is 5.32 Å². The summed E-state index contributed by atoms with van der Waals surface area (Å²) >= 11 is 0. The molecule has 0 saturated carbocycles. The Morgan fingerprint density at radius 1 is 1.29 bits per heavy atom. The summed E-state index contributed by atoms with van der Waals surface area (Å²) < 4.78 is 19.2. The fourth-order valence-electron chi connectivity index (χ4n) is 3.71. The van der Waals surface area contributed by atoms with Gasteiger partial charge in [0.05, 0.1) is 24.4 Å². The number of nitrogens with one attached hydrogen (secondary N) is 1. The number of hydrogen-bond donors (Lipinski definition) is 1. The van der Waals surface area contributed by atoms with Gasteiger partial charge >= 0.3 is 0 Å².